The van der Waals surface area contributed by atoms with Crippen molar-refractivity contribution in [2.45, 2.75) is 33.4 Å². The fourth-order valence-corrected chi connectivity index (χ4v) is 9.48. The lowest BCUT2D eigenvalue weighted by molar-refractivity contribution is -0.148. The fraction of sp³-hybridized carbons (Fsp3) is 0.158. The van der Waals surface area contributed by atoms with Crippen molar-refractivity contribution in [2.75, 3.05) is 0 Å². The van der Waals surface area contributed by atoms with Crippen LogP contribution >= 0.6 is 7.26 Å². The number of carbonyl (C=O) groups is 2. The summed E-state index contributed by atoms with van der Waals surface area (Å²) in [5.41, 5.74) is 3.09. The van der Waals surface area contributed by atoms with Crippen LogP contribution in [0.15, 0.2) is 140 Å². The largest absolute Gasteiger partial charge is 0.459 e. The lowest BCUT2D eigenvalue weighted by Crippen LogP contribution is -2.41. The van der Waals surface area contributed by atoms with Crippen molar-refractivity contribution in [3.05, 3.63) is 145 Å². The van der Waals surface area contributed by atoms with Crippen LogP contribution in [0, 0.1) is 5.92 Å². The predicted octanol–water partition coefficient (Wildman–Crippen LogP) is 6.18. The van der Waals surface area contributed by atoms with Gasteiger partial charge in [0.2, 0.25) is 5.91 Å². The van der Waals surface area contributed by atoms with Gasteiger partial charge in [0.25, 0.3) is 0 Å². The summed E-state index contributed by atoms with van der Waals surface area (Å²) in [4.78, 5) is 24.2. The fourth-order valence-electron chi connectivity index (χ4n) is 5.24. The Bertz CT molecular complexity index is 1540. The van der Waals surface area contributed by atoms with Crippen LogP contribution in [0.1, 0.15) is 26.3 Å². The molecule has 1 atom stereocenters. The number of ether oxygens (including phenoxy) is 1. The topological polar surface area (TPSA) is 55.4 Å². The van der Waals surface area contributed by atoms with Crippen LogP contribution in [0.3, 0.4) is 0 Å². The van der Waals surface area contributed by atoms with Gasteiger partial charge in [0.15, 0.2) is 0 Å². The van der Waals surface area contributed by atoms with Gasteiger partial charge in [-0.05, 0) is 72.1 Å². The first kappa shape index (κ1) is 29.9. The van der Waals surface area contributed by atoms with E-state index in [0.29, 0.717) is 0 Å². The standard InChI is InChI=1S/C38H36NO3P/c1-28(2)37(40)39-29(3)38(41)42-27-30-19-21-31(22-20-30)32-23-25-36(26-24-32)43(33-13-7-4-8-14-33,34-15-9-5-10-16-34)35-17-11-6-12-18-35/h4-26,28-29H,27H2,1-3H3/p+1. The molecule has 0 aliphatic rings. The number of nitrogens with one attached hydrogen (secondary N) is 1. The summed E-state index contributed by atoms with van der Waals surface area (Å²) in [7, 11) is -2.14. The molecule has 5 heteroatoms. The average Bonchev–Trinajstić information content (AvgIpc) is 3.06. The normalized spacial score (nSPS) is 12.0. The molecule has 216 valence electrons. The van der Waals surface area contributed by atoms with Crippen LogP contribution in [0.2, 0.25) is 0 Å². The molecule has 0 bridgehead atoms. The van der Waals surface area contributed by atoms with Crippen molar-refractivity contribution in [3.63, 3.8) is 0 Å². The molecular formula is C38H37NO3P+. The summed E-state index contributed by atoms with van der Waals surface area (Å²) in [5.74, 6) is -0.809. The predicted molar refractivity (Wildman–Crippen MR) is 179 cm³/mol. The lowest BCUT2D eigenvalue weighted by Gasteiger charge is -2.27. The third kappa shape index (κ3) is 6.61. The molecule has 4 nitrogen and oxygen atoms in total. The molecule has 0 aliphatic heterocycles. The molecule has 5 rings (SSSR count). The summed E-state index contributed by atoms with van der Waals surface area (Å²) in [6.45, 7) is 5.37. The second kappa shape index (κ2) is 13.6. The van der Waals surface area contributed by atoms with Crippen molar-refractivity contribution >= 4 is 40.4 Å². The van der Waals surface area contributed by atoms with Gasteiger partial charge in [-0.3, -0.25) is 4.79 Å². The highest BCUT2D eigenvalue weighted by Crippen LogP contribution is 2.54. The number of esters is 1. The summed E-state index contributed by atoms with van der Waals surface area (Å²) >= 11 is 0. The summed E-state index contributed by atoms with van der Waals surface area (Å²) in [6, 6.07) is 48.9. The Hall–Kier alpha value is -4.53. The Labute approximate surface area is 255 Å². The first-order chi connectivity index (χ1) is 20.9. The Morgan fingerprint density at radius 3 is 1.40 bits per heavy atom. The van der Waals surface area contributed by atoms with E-state index in [1.807, 2.05) is 12.1 Å². The third-order valence-corrected chi connectivity index (χ3v) is 11.9. The molecule has 43 heavy (non-hydrogen) atoms. The quantitative estimate of drug-likeness (QED) is 0.157. The number of carbonyl (C=O) groups excluding carboxylic acids is 2. The molecule has 1 N–H and O–H groups in total. The van der Waals surface area contributed by atoms with Crippen molar-refractivity contribution in [2.24, 2.45) is 5.92 Å². The minimum Gasteiger partial charge on any atom is -0.459 e. The molecule has 1 amide bonds. The van der Waals surface area contributed by atoms with Crippen LogP contribution in [0.25, 0.3) is 11.1 Å². The molecule has 0 saturated heterocycles. The van der Waals surface area contributed by atoms with Gasteiger partial charge in [-0.25, -0.2) is 4.79 Å². The van der Waals surface area contributed by atoms with Crippen LogP contribution in [0.4, 0.5) is 0 Å². The van der Waals surface area contributed by atoms with Gasteiger partial charge in [0, 0.05) is 5.92 Å². The Balaban J connectivity index is 1.41. The zero-order valence-electron chi connectivity index (χ0n) is 24.8. The van der Waals surface area contributed by atoms with E-state index >= 15 is 0 Å². The van der Waals surface area contributed by atoms with Gasteiger partial charge in [-0.15, -0.1) is 0 Å². The third-order valence-electron chi connectivity index (χ3n) is 7.59. The van der Waals surface area contributed by atoms with Gasteiger partial charge in [0.1, 0.15) is 41.1 Å². The summed E-state index contributed by atoms with van der Waals surface area (Å²) in [6.07, 6.45) is 0. The number of amides is 1. The van der Waals surface area contributed by atoms with Gasteiger partial charge >= 0.3 is 5.97 Å². The van der Waals surface area contributed by atoms with E-state index in [1.54, 1.807) is 20.8 Å². The summed E-state index contributed by atoms with van der Waals surface area (Å²) in [5, 5.41) is 7.92. The average molecular weight is 587 g/mol. The molecular weight excluding hydrogens is 549 g/mol. The van der Waals surface area contributed by atoms with E-state index in [-0.39, 0.29) is 18.4 Å². The number of hydrogen-bond donors (Lipinski definition) is 1. The maximum absolute atomic E-state index is 12.3. The molecule has 1 unspecified atom stereocenters. The van der Waals surface area contributed by atoms with Crippen LogP contribution < -0.4 is 26.5 Å². The number of rotatable bonds is 10. The SMILES string of the molecule is CC(C)C(=O)NC(C)C(=O)OCc1ccc(-c2ccc([P+](c3ccccc3)(c3ccccc3)c3ccccc3)cc2)cc1. The molecule has 0 heterocycles. The summed E-state index contributed by atoms with van der Waals surface area (Å²) < 4.78 is 5.45. The first-order valence-electron chi connectivity index (χ1n) is 14.6. The van der Waals surface area contributed by atoms with Gasteiger partial charge < -0.3 is 10.1 Å². The smallest absolute Gasteiger partial charge is 0.328 e. The maximum Gasteiger partial charge on any atom is 0.328 e. The molecule has 0 fully saturated rings. The Kier molecular flexibility index (Phi) is 9.49. The van der Waals surface area contributed by atoms with E-state index in [9.17, 15) is 9.59 Å². The Morgan fingerprint density at radius 2 is 0.977 bits per heavy atom. The van der Waals surface area contributed by atoms with Crippen molar-refractivity contribution in [3.8, 4) is 11.1 Å². The number of benzene rings is 5. The zero-order chi connectivity index (χ0) is 30.2. The van der Waals surface area contributed by atoms with Crippen molar-refractivity contribution < 1.29 is 14.3 Å². The molecule has 5 aromatic rings. The minimum atomic E-state index is -2.14. The second-order valence-electron chi connectivity index (χ2n) is 10.9. The first-order valence-corrected chi connectivity index (χ1v) is 16.4. The Morgan fingerprint density at radius 1 is 0.581 bits per heavy atom. The van der Waals surface area contributed by atoms with Crippen LogP contribution in [-0.2, 0) is 20.9 Å². The van der Waals surface area contributed by atoms with Crippen molar-refractivity contribution in [1.29, 1.82) is 0 Å². The van der Waals surface area contributed by atoms with Crippen molar-refractivity contribution in [1.82, 2.24) is 5.32 Å². The van der Waals surface area contributed by atoms with E-state index in [0.717, 1.165) is 16.7 Å². The van der Waals surface area contributed by atoms with E-state index in [1.165, 1.54) is 21.2 Å². The highest BCUT2D eigenvalue weighted by molar-refractivity contribution is 8.01. The highest BCUT2D eigenvalue weighted by Gasteiger charge is 2.47. The van der Waals surface area contributed by atoms with Gasteiger partial charge in [-0.1, -0.05) is 105 Å². The molecule has 5 aromatic carbocycles. The zero-order valence-corrected chi connectivity index (χ0v) is 25.7. The molecule has 0 aliphatic carbocycles. The maximum atomic E-state index is 12.3. The minimum absolute atomic E-state index is 0.151. The molecule has 0 radical (unpaired) electrons. The highest BCUT2D eigenvalue weighted by atomic mass is 31.2. The number of hydrogen-bond acceptors (Lipinski definition) is 3. The van der Waals surface area contributed by atoms with Crippen LogP contribution in [0.5, 0.6) is 0 Å². The molecule has 0 aromatic heterocycles. The van der Waals surface area contributed by atoms with E-state index in [2.05, 4.69) is 133 Å². The monoisotopic (exact) mass is 586 g/mol. The van der Waals surface area contributed by atoms with E-state index in [4.69, 9.17) is 4.74 Å². The lowest BCUT2D eigenvalue weighted by atomic mass is 10.0. The van der Waals surface area contributed by atoms with Gasteiger partial charge in [0.05, 0.1) is 0 Å². The molecule has 0 spiro atoms. The van der Waals surface area contributed by atoms with Crippen LogP contribution in [-0.4, -0.2) is 17.9 Å². The van der Waals surface area contributed by atoms with Gasteiger partial charge in [-0.2, -0.15) is 0 Å². The molecule has 0 saturated carbocycles. The van der Waals surface area contributed by atoms with E-state index < -0.39 is 19.3 Å². The second-order valence-corrected chi connectivity index (χ2v) is 14.3.